The molecule has 0 radical (unpaired) electrons. The van der Waals surface area contributed by atoms with Crippen molar-refractivity contribution in [1.29, 1.82) is 0 Å². The molecule has 1 aromatic heterocycles. The second-order valence-corrected chi connectivity index (χ2v) is 7.50. The van der Waals surface area contributed by atoms with E-state index in [-0.39, 0.29) is 0 Å². The van der Waals surface area contributed by atoms with Crippen molar-refractivity contribution >= 4 is 34.8 Å². The molecule has 1 unspecified atom stereocenters. The Labute approximate surface area is 159 Å². The molecule has 0 spiro atoms. The van der Waals surface area contributed by atoms with Crippen LogP contribution in [0.15, 0.2) is 30.6 Å². The molecule has 3 rings (SSSR count). The molecule has 0 aliphatic carbocycles. The van der Waals surface area contributed by atoms with Crippen LogP contribution in [0.1, 0.15) is 12.0 Å². The quantitative estimate of drug-likeness (QED) is 0.793. The van der Waals surface area contributed by atoms with Gasteiger partial charge in [0, 0.05) is 62.9 Å². The molecule has 25 heavy (non-hydrogen) atoms. The second-order valence-electron chi connectivity index (χ2n) is 6.65. The Bertz CT molecular complexity index is 737. The van der Waals surface area contributed by atoms with Crippen molar-refractivity contribution in [3.63, 3.8) is 0 Å². The van der Waals surface area contributed by atoms with Crippen LogP contribution < -0.4 is 9.80 Å². The summed E-state index contributed by atoms with van der Waals surface area (Å²) in [6, 6.07) is 8.17. The molecule has 1 saturated heterocycles. The van der Waals surface area contributed by atoms with Gasteiger partial charge in [-0.3, -0.25) is 4.90 Å². The standard InChI is InChI=1S/C18H23Cl2N5/c1-23(2)17-9-18(22-12-21-17)24(3)15-6-7-25(11-15)10-13-4-5-14(19)8-16(13)20/h4-5,8-9,12,15H,6-7,10-11H2,1-3H3. The van der Waals surface area contributed by atoms with Gasteiger partial charge in [-0.25, -0.2) is 9.97 Å². The molecule has 0 amide bonds. The first-order valence-corrected chi connectivity index (χ1v) is 9.08. The highest BCUT2D eigenvalue weighted by atomic mass is 35.5. The zero-order valence-corrected chi connectivity index (χ0v) is 16.3. The molecular weight excluding hydrogens is 357 g/mol. The zero-order valence-electron chi connectivity index (χ0n) is 14.8. The summed E-state index contributed by atoms with van der Waals surface area (Å²) >= 11 is 12.3. The third-order valence-electron chi connectivity index (χ3n) is 4.66. The zero-order chi connectivity index (χ0) is 18.0. The van der Waals surface area contributed by atoms with Crippen LogP contribution in [0.25, 0.3) is 0 Å². The van der Waals surface area contributed by atoms with Gasteiger partial charge in [0.1, 0.15) is 18.0 Å². The van der Waals surface area contributed by atoms with Gasteiger partial charge in [-0.2, -0.15) is 0 Å². The number of anilines is 2. The molecule has 5 nitrogen and oxygen atoms in total. The van der Waals surface area contributed by atoms with Gasteiger partial charge >= 0.3 is 0 Å². The highest BCUT2D eigenvalue weighted by Crippen LogP contribution is 2.26. The summed E-state index contributed by atoms with van der Waals surface area (Å²) in [5.74, 6) is 1.87. The summed E-state index contributed by atoms with van der Waals surface area (Å²) in [5, 5.41) is 1.41. The Kier molecular flexibility index (Phi) is 5.67. The Morgan fingerprint density at radius 3 is 2.60 bits per heavy atom. The second kappa shape index (κ2) is 7.77. The fourth-order valence-corrected chi connectivity index (χ4v) is 3.59. The number of rotatable bonds is 5. The molecular formula is C18H23Cl2N5. The van der Waals surface area contributed by atoms with E-state index in [2.05, 4.69) is 26.8 Å². The Morgan fingerprint density at radius 2 is 1.88 bits per heavy atom. The van der Waals surface area contributed by atoms with Gasteiger partial charge < -0.3 is 9.80 Å². The lowest BCUT2D eigenvalue weighted by Gasteiger charge is -2.26. The maximum atomic E-state index is 6.31. The molecule has 134 valence electrons. The highest BCUT2D eigenvalue weighted by Gasteiger charge is 2.27. The normalized spacial score (nSPS) is 17.7. The average Bonchev–Trinajstić information content (AvgIpc) is 3.05. The monoisotopic (exact) mass is 379 g/mol. The maximum Gasteiger partial charge on any atom is 0.134 e. The van der Waals surface area contributed by atoms with Crippen molar-refractivity contribution in [3.8, 4) is 0 Å². The lowest BCUT2D eigenvalue weighted by atomic mass is 10.2. The van der Waals surface area contributed by atoms with E-state index in [1.165, 1.54) is 0 Å². The van der Waals surface area contributed by atoms with Gasteiger partial charge in [-0.15, -0.1) is 0 Å². The van der Waals surface area contributed by atoms with E-state index < -0.39 is 0 Å². The fraction of sp³-hybridized carbons (Fsp3) is 0.444. The van der Waals surface area contributed by atoms with E-state index in [1.807, 2.05) is 43.3 Å². The minimum absolute atomic E-state index is 0.427. The van der Waals surface area contributed by atoms with E-state index in [1.54, 1.807) is 6.33 Å². The molecule has 1 aromatic carbocycles. The van der Waals surface area contributed by atoms with Crippen LogP contribution in [0.2, 0.25) is 10.0 Å². The number of likely N-dealkylation sites (N-methyl/N-ethyl adjacent to an activating group) is 1. The van der Waals surface area contributed by atoms with E-state index in [0.717, 1.165) is 48.3 Å². The Balaban J connectivity index is 1.65. The first kappa shape index (κ1) is 18.2. The van der Waals surface area contributed by atoms with Crippen molar-refractivity contribution in [2.75, 3.05) is 44.0 Å². The summed E-state index contributed by atoms with van der Waals surface area (Å²) in [4.78, 5) is 15.4. The topological polar surface area (TPSA) is 35.5 Å². The smallest absolute Gasteiger partial charge is 0.134 e. The number of hydrogen-bond donors (Lipinski definition) is 0. The molecule has 1 aliphatic heterocycles. The minimum Gasteiger partial charge on any atom is -0.363 e. The molecule has 7 heteroatoms. The molecule has 1 fully saturated rings. The SMILES string of the molecule is CN(C)c1cc(N(C)C2CCN(Cc3ccc(Cl)cc3Cl)C2)ncn1. The van der Waals surface area contributed by atoms with Crippen LogP contribution in [0.4, 0.5) is 11.6 Å². The highest BCUT2D eigenvalue weighted by molar-refractivity contribution is 6.35. The molecule has 0 saturated carbocycles. The van der Waals surface area contributed by atoms with E-state index in [4.69, 9.17) is 23.2 Å². The molecule has 0 N–H and O–H groups in total. The Hall–Kier alpha value is -1.56. The number of likely N-dealkylation sites (tertiary alicyclic amines) is 1. The van der Waals surface area contributed by atoms with Gasteiger partial charge in [0.2, 0.25) is 0 Å². The van der Waals surface area contributed by atoms with Crippen LogP contribution in [-0.4, -0.2) is 55.1 Å². The maximum absolute atomic E-state index is 6.31. The van der Waals surface area contributed by atoms with Gasteiger partial charge in [-0.05, 0) is 24.1 Å². The molecule has 1 atom stereocenters. The van der Waals surface area contributed by atoms with Gasteiger partial charge in [-0.1, -0.05) is 29.3 Å². The van der Waals surface area contributed by atoms with Crippen LogP contribution in [0.3, 0.4) is 0 Å². The van der Waals surface area contributed by atoms with E-state index >= 15 is 0 Å². The lowest BCUT2D eigenvalue weighted by molar-refractivity contribution is 0.326. The lowest BCUT2D eigenvalue weighted by Crippen LogP contribution is -2.35. The molecule has 0 bridgehead atoms. The van der Waals surface area contributed by atoms with Gasteiger partial charge in [0.05, 0.1) is 0 Å². The predicted molar refractivity (Wildman–Crippen MR) is 105 cm³/mol. The van der Waals surface area contributed by atoms with E-state index in [9.17, 15) is 0 Å². The van der Waals surface area contributed by atoms with Crippen LogP contribution >= 0.6 is 23.2 Å². The van der Waals surface area contributed by atoms with Crippen molar-refractivity contribution in [2.24, 2.45) is 0 Å². The Morgan fingerprint density at radius 1 is 1.12 bits per heavy atom. The number of aromatic nitrogens is 2. The van der Waals surface area contributed by atoms with Crippen molar-refractivity contribution in [2.45, 2.75) is 19.0 Å². The van der Waals surface area contributed by atoms with Gasteiger partial charge in [0.15, 0.2) is 0 Å². The largest absolute Gasteiger partial charge is 0.363 e. The summed E-state index contributed by atoms with van der Waals surface area (Å²) in [6.07, 6.45) is 2.73. The van der Waals surface area contributed by atoms with E-state index in [0.29, 0.717) is 11.1 Å². The van der Waals surface area contributed by atoms with Crippen LogP contribution in [-0.2, 0) is 6.54 Å². The average molecular weight is 380 g/mol. The van der Waals surface area contributed by atoms with Crippen molar-refractivity contribution < 1.29 is 0 Å². The number of hydrogen-bond acceptors (Lipinski definition) is 5. The van der Waals surface area contributed by atoms with Crippen LogP contribution in [0, 0.1) is 0 Å². The summed E-state index contributed by atoms with van der Waals surface area (Å²) < 4.78 is 0. The van der Waals surface area contributed by atoms with Crippen molar-refractivity contribution in [3.05, 3.63) is 46.2 Å². The molecule has 1 aliphatic rings. The molecule has 2 aromatic rings. The van der Waals surface area contributed by atoms with Crippen LogP contribution in [0.5, 0.6) is 0 Å². The first-order chi connectivity index (χ1) is 11.9. The predicted octanol–water partition coefficient (Wildman–Crippen LogP) is 3.56. The van der Waals surface area contributed by atoms with Crippen molar-refractivity contribution in [1.82, 2.24) is 14.9 Å². The first-order valence-electron chi connectivity index (χ1n) is 8.32. The fourth-order valence-electron chi connectivity index (χ4n) is 3.12. The third kappa shape index (κ3) is 4.35. The summed E-state index contributed by atoms with van der Waals surface area (Å²) in [5.41, 5.74) is 1.12. The summed E-state index contributed by atoms with van der Waals surface area (Å²) in [7, 11) is 6.07. The van der Waals surface area contributed by atoms with Gasteiger partial charge in [0.25, 0.3) is 0 Å². The number of halogens is 2. The summed E-state index contributed by atoms with van der Waals surface area (Å²) in [6.45, 7) is 2.86. The third-order valence-corrected chi connectivity index (χ3v) is 5.25. The molecule has 2 heterocycles. The number of benzene rings is 1. The number of nitrogens with zero attached hydrogens (tertiary/aromatic N) is 5. The minimum atomic E-state index is 0.427.